The number of nitrogens with one attached hydrogen (secondary N) is 1. The van der Waals surface area contributed by atoms with Crippen LogP contribution in [0.5, 0.6) is 0 Å². The maximum atomic E-state index is 12.2. The summed E-state index contributed by atoms with van der Waals surface area (Å²) in [5.74, 6) is 0.0317. The molecular formula is C13H11Cl2N3O. The fourth-order valence-corrected chi connectivity index (χ4v) is 2.10. The summed E-state index contributed by atoms with van der Waals surface area (Å²) in [7, 11) is 0. The molecule has 0 aliphatic rings. The van der Waals surface area contributed by atoms with E-state index in [4.69, 9.17) is 23.2 Å². The number of hydrogen-bond donors (Lipinski definition) is 1. The molecule has 2 aromatic rings. The van der Waals surface area contributed by atoms with E-state index in [9.17, 15) is 4.79 Å². The molecule has 0 bridgehead atoms. The summed E-state index contributed by atoms with van der Waals surface area (Å²) in [6.45, 7) is 1.99. The molecule has 1 N–H and O–H groups in total. The number of halogens is 2. The number of benzene rings is 1. The Hall–Kier alpha value is -1.65. The number of carbonyl (C=O) groups excluding carboxylic acids is 1. The number of rotatable bonds is 3. The summed E-state index contributed by atoms with van der Waals surface area (Å²) in [5.41, 5.74) is 1.57. The Bertz CT molecular complexity index is 596. The second kappa shape index (κ2) is 5.99. The zero-order chi connectivity index (χ0) is 13.8. The second-order valence-electron chi connectivity index (χ2n) is 3.81. The minimum atomic E-state index is -0.247. The fourth-order valence-electron chi connectivity index (χ4n) is 1.69. The standard InChI is InChI=1S/C13H11Cl2N3O/c1-2-8-5-3-4-6-9(8)12(19)17-11-7-10(14)16-13(15)18-11/h3-7H,2H2,1H3,(H,16,17,18,19). The van der Waals surface area contributed by atoms with Gasteiger partial charge in [-0.25, -0.2) is 9.97 Å². The van der Waals surface area contributed by atoms with Gasteiger partial charge in [0.05, 0.1) is 0 Å². The average Bonchev–Trinajstić information content (AvgIpc) is 2.37. The summed E-state index contributed by atoms with van der Waals surface area (Å²) in [6, 6.07) is 8.83. The summed E-state index contributed by atoms with van der Waals surface area (Å²) in [5, 5.41) is 2.83. The van der Waals surface area contributed by atoms with Crippen molar-refractivity contribution in [3.63, 3.8) is 0 Å². The molecule has 0 fully saturated rings. The average molecular weight is 296 g/mol. The summed E-state index contributed by atoms with van der Waals surface area (Å²) in [4.78, 5) is 19.8. The van der Waals surface area contributed by atoms with Crippen LogP contribution in [0.25, 0.3) is 0 Å². The van der Waals surface area contributed by atoms with E-state index in [2.05, 4.69) is 15.3 Å². The van der Waals surface area contributed by atoms with Gasteiger partial charge in [0, 0.05) is 11.6 Å². The number of nitrogens with zero attached hydrogens (tertiary/aromatic N) is 2. The lowest BCUT2D eigenvalue weighted by Gasteiger charge is -2.08. The van der Waals surface area contributed by atoms with Gasteiger partial charge < -0.3 is 5.32 Å². The smallest absolute Gasteiger partial charge is 0.257 e. The Morgan fingerprint density at radius 2 is 2.00 bits per heavy atom. The first-order valence-electron chi connectivity index (χ1n) is 5.69. The number of aromatic nitrogens is 2. The van der Waals surface area contributed by atoms with Gasteiger partial charge in [-0.15, -0.1) is 0 Å². The molecule has 0 atom stereocenters. The number of hydrogen-bond acceptors (Lipinski definition) is 3. The van der Waals surface area contributed by atoms with E-state index in [1.807, 2.05) is 25.1 Å². The van der Waals surface area contributed by atoms with Crippen LogP contribution in [0.15, 0.2) is 30.3 Å². The highest BCUT2D eigenvalue weighted by atomic mass is 35.5. The van der Waals surface area contributed by atoms with Crippen molar-refractivity contribution in [2.75, 3.05) is 5.32 Å². The molecule has 2 rings (SSSR count). The van der Waals surface area contributed by atoms with Crippen LogP contribution in [0.2, 0.25) is 10.4 Å². The Balaban J connectivity index is 2.25. The van der Waals surface area contributed by atoms with E-state index >= 15 is 0 Å². The SMILES string of the molecule is CCc1ccccc1C(=O)Nc1cc(Cl)nc(Cl)n1. The van der Waals surface area contributed by atoms with Crippen molar-refractivity contribution in [1.82, 2.24) is 9.97 Å². The predicted molar refractivity (Wildman–Crippen MR) is 75.8 cm³/mol. The molecule has 0 unspecified atom stereocenters. The molecule has 4 nitrogen and oxygen atoms in total. The first-order chi connectivity index (χ1) is 9.10. The molecule has 0 radical (unpaired) electrons. The highest BCUT2D eigenvalue weighted by Crippen LogP contribution is 2.16. The lowest BCUT2D eigenvalue weighted by Crippen LogP contribution is -2.15. The summed E-state index contributed by atoms with van der Waals surface area (Å²) < 4.78 is 0. The second-order valence-corrected chi connectivity index (χ2v) is 4.54. The number of aryl methyl sites for hydroxylation is 1. The lowest BCUT2D eigenvalue weighted by atomic mass is 10.0. The molecule has 1 aromatic heterocycles. The molecule has 6 heteroatoms. The van der Waals surface area contributed by atoms with Gasteiger partial charge >= 0.3 is 0 Å². The van der Waals surface area contributed by atoms with Crippen molar-refractivity contribution >= 4 is 34.9 Å². The van der Waals surface area contributed by atoms with Gasteiger partial charge in [-0.1, -0.05) is 36.7 Å². The van der Waals surface area contributed by atoms with Crippen LogP contribution in [0, 0.1) is 0 Å². The molecule has 19 heavy (non-hydrogen) atoms. The maximum Gasteiger partial charge on any atom is 0.257 e. The van der Waals surface area contributed by atoms with E-state index in [0.29, 0.717) is 5.56 Å². The normalized spacial score (nSPS) is 10.3. The third-order valence-electron chi connectivity index (χ3n) is 2.55. The van der Waals surface area contributed by atoms with Crippen LogP contribution in [0.1, 0.15) is 22.8 Å². The van der Waals surface area contributed by atoms with Crippen molar-refractivity contribution in [2.45, 2.75) is 13.3 Å². The van der Waals surface area contributed by atoms with Gasteiger partial charge in [0.25, 0.3) is 5.91 Å². The molecule has 0 saturated heterocycles. The monoisotopic (exact) mass is 295 g/mol. The number of carbonyl (C=O) groups is 1. The van der Waals surface area contributed by atoms with Crippen LogP contribution in [0.3, 0.4) is 0 Å². The van der Waals surface area contributed by atoms with E-state index < -0.39 is 0 Å². The molecule has 1 aromatic carbocycles. The van der Waals surface area contributed by atoms with Crippen molar-refractivity contribution < 1.29 is 4.79 Å². The maximum absolute atomic E-state index is 12.2. The minimum absolute atomic E-state index is 0.00780. The van der Waals surface area contributed by atoms with Crippen molar-refractivity contribution in [1.29, 1.82) is 0 Å². The van der Waals surface area contributed by atoms with Gasteiger partial charge in [0.1, 0.15) is 11.0 Å². The van der Waals surface area contributed by atoms with E-state index in [1.54, 1.807) is 6.07 Å². The van der Waals surface area contributed by atoms with Gasteiger partial charge in [-0.2, -0.15) is 0 Å². The van der Waals surface area contributed by atoms with Crippen LogP contribution in [0.4, 0.5) is 5.82 Å². The Morgan fingerprint density at radius 3 is 2.68 bits per heavy atom. The van der Waals surface area contributed by atoms with Crippen LogP contribution in [-0.4, -0.2) is 15.9 Å². The Labute approximate surface area is 120 Å². The third kappa shape index (κ3) is 3.43. The van der Waals surface area contributed by atoms with Crippen molar-refractivity contribution in [2.24, 2.45) is 0 Å². The first kappa shape index (κ1) is 13.8. The zero-order valence-electron chi connectivity index (χ0n) is 10.2. The topological polar surface area (TPSA) is 54.9 Å². The molecule has 0 aliphatic carbocycles. The molecule has 0 aliphatic heterocycles. The quantitative estimate of drug-likeness (QED) is 0.695. The molecule has 1 heterocycles. The minimum Gasteiger partial charge on any atom is -0.306 e. The van der Waals surface area contributed by atoms with E-state index in [-0.39, 0.29) is 22.2 Å². The number of anilines is 1. The fraction of sp³-hybridized carbons (Fsp3) is 0.154. The summed E-state index contributed by atoms with van der Waals surface area (Å²) >= 11 is 11.4. The van der Waals surface area contributed by atoms with Gasteiger partial charge in [0.2, 0.25) is 5.28 Å². The molecule has 98 valence electrons. The lowest BCUT2D eigenvalue weighted by molar-refractivity contribution is 0.102. The zero-order valence-corrected chi connectivity index (χ0v) is 11.7. The Morgan fingerprint density at radius 1 is 1.26 bits per heavy atom. The number of amides is 1. The Kier molecular flexibility index (Phi) is 4.35. The molecular weight excluding hydrogens is 285 g/mol. The molecule has 0 spiro atoms. The highest BCUT2D eigenvalue weighted by molar-refractivity contribution is 6.32. The van der Waals surface area contributed by atoms with E-state index in [1.165, 1.54) is 6.07 Å². The van der Waals surface area contributed by atoms with Crippen molar-refractivity contribution in [3.05, 3.63) is 51.9 Å². The van der Waals surface area contributed by atoms with E-state index in [0.717, 1.165) is 12.0 Å². The van der Waals surface area contributed by atoms with Crippen LogP contribution >= 0.6 is 23.2 Å². The van der Waals surface area contributed by atoms with Gasteiger partial charge in [-0.05, 0) is 29.7 Å². The summed E-state index contributed by atoms with van der Waals surface area (Å²) in [6.07, 6.45) is 0.773. The van der Waals surface area contributed by atoms with Crippen LogP contribution in [-0.2, 0) is 6.42 Å². The van der Waals surface area contributed by atoms with Gasteiger partial charge in [0.15, 0.2) is 0 Å². The largest absolute Gasteiger partial charge is 0.306 e. The molecule has 0 saturated carbocycles. The van der Waals surface area contributed by atoms with Crippen molar-refractivity contribution in [3.8, 4) is 0 Å². The molecule has 1 amide bonds. The highest BCUT2D eigenvalue weighted by Gasteiger charge is 2.11. The third-order valence-corrected chi connectivity index (χ3v) is 2.91. The first-order valence-corrected chi connectivity index (χ1v) is 6.45. The van der Waals surface area contributed by atoms with Crippen LogP contribution < -0.4 is 5.32 Å². The predicted octanol–water partition coefficient (Wildman–Crippen LogP) is 3.60. The van der Waals surface area contributed by atoms with Gasteiger partial charge in [-0.3, -0.25) is 4.79 Å².